The lowest BCUT2D eigenvalue weighted by atomic mass is 10.1. The molecule has 1 aliphatic heterocycles. The third kappa shape index (κ3) is 5.05. The van der Waals surface area contributed by atoms with Gasteiger partial charge >= 0.3 is 0 Å². The average molecular weight is 488 g/mol. The van der Waals surface area contributed by atoms with Gasteiger partial charge in [0.25, 0.3) is 5.91 Å². The van der Waals surface area contributed by atoms with Crippen LogP contribution in [-0.4, -0.2) is 47.9 Å². The number of hydrogen-bond donors (Lipinski definition) is 1. The molecule has 7 heteroatoms. The highest BCUT2D eigenvalue weighted by atomic mass is 16.5. The van der Waals surface area contributed by atoms with Crippen molar-refractivity contribution >= 4 is 34.2 Å². The van der Waals surface area contributed by atoms with Gasteiger partial charge in [0.15, 0.2) is 0 Å². The van der Waals surface area contributed by atoms with Gasteiger partial charge in [-0.3, -0.25) is 19.3 Å². The zero-order valence-electron chi connectivity index (χ0n) is 21.5. The molecule has 0 spiro atoms. The van der Waals surface area contributed by atoms with Crippen molar-refractivity contribution in [1.29, 1.82) is 0 Å². The molecule has 4 rings (SSSR count). The summed E-state index contributed by atoms with van der Waals surface area (Å²) in [5.41, 5.74) is 1.70. The highest BCUT2D eigenvalue weighted by Crippen LogP contribution is 2.37. The van der Waals surface area contributed by atoms with Crippen molar-refractivity contribution in [1.82, 2.24) is 10.2 Å². The van der Waals surface area contributed by atoms with E-state index in [0.717, 1.165) is 22.0 Å². The molecule has 3 aromatic carbocycles. The number of amides is 3. The third-order valence-electron chi connectivity index (χ3n) is 6.31. The van der Waals surface area contributed by atoms with Crippen LogP contribution in [0.15, 0.2) is 60.7 Å². The molecule has 188 valence electrons. The molecule has 0 radical (unpaired) electrons. The van der Waals surface area contributed by atoms with Gasteiger partial charge in [0.05, 0.1) is 12.8 Å². The lowest BCUT2D eigenvalue weighted by molar-refractivity contribution is -0.141. The van der Waals surface area contributed by atoms with E-state index in [1.165, 1.54) is 4.90 Å². The molecule has 7 nitrogen and oxygen atoms in total. The molecule has 1 N–H and O–H groups in total. The number of anilines is 1. The van der Waals surface area contributed by atoms with E-state index in [4.69, 9.17) is 4.74 Å². The Kier molecular flexibility index (Phi) is 7.02. The van der Waals surface area contributed by atoms with Crippen LogP contribution in [0, 0.1) is 0 Å². The Bertz CT molecular complexity index is 1310. The second-order valence-corrected chi connectivity index (χ2v) is 10.1. The fourth-order valence-corrected chi connectivity index (χ4v) is 4.70. The summed E-state index contributed by atoms with van der Waals surface area (Å²) in [5.74, 6) is -0.0566. The quantitative estimate of drug-likeness (QED) is 0.506. The zero-order valence-corrected chi connectivity index (χ0v) is 21.5. The first-order valence-electron chi connectivity index (χ1n) is 12.2. The standard InChI is InChI=1S/C29H33N3O4/c1-6-23(27(34)30-29(2,3)4)31(17-19-10-7-13-21(16-19)36-5)25(33)18-32-24-15-9-12-20-11-8-14-22(26(20)24)28(32)35/h7-16,23H,6,17-18H2,1-5H3,(H,30,34). The largest absolute Gasteiger partial charge is 0.497 e. The van der Waals surface area contributed by atoms with Crippen molar-refractivity contribution in [2.75, 3.05) is 18.6 Å². The van der Waals surface area contributed by atoms with Crippen molar-refractivity contribution in [3.8, 4) is 5.75 Å². The molecule has 0 bridgehead atoms. The topological polar surface area (TPSA) is 79.0 Å². The van der Waals surface area contributed by atoms with Gasteiger partial charge in [0, 0.05) is 23.0 Å². The molecule has 0 aliphatic carbocycles. The molecular formula is C29H33N3O4. The van der Waals surface area contributed by atoms with E-state index in [9.17, 15) is 14.4 Å². The van der Waals surface area contributed by atoms with Crippen LogP contribution in [-0.2, 0) is 16.1 Å². The maximum atomic E-state index is 13.9. The maximum absolute atomic E-state index is 13.9. The van der Waals surface area contributed by atoms with Gasteiger partial charge in [-0.1, -0.05) is 43.3 Å². The number of benzene rings is 3. The minimum atomic E-state index is -0.696. The van der Waals surface area contributed by atoms with Crippen LogP contribution in [0.2, 0.25) is 0 Å². The van der Waals surface area contributed by atoms with Gasteiger partial charge in [-0.25, -0.2) is 0 Å². The van der Waals surface area contributed by atoms with Gasteiger partial charge in [-0.2, -0.15) is 0 Å². The van der Waals surface area contributed by atoms with Crippen LogP contribution in [0.25, 0.3) is 10.8 Å². The number of carbonyl (C=O) groups is 3. The molecular weight excluding hydrogens is 454 g/mol. The first kappa shape index (κ1) is 25.2. The van der Waals surface area contributed by atoms with Gasteiger partial charge in [0.2, 0.25) is 11.8 Å². The first-order valence-corrected chi connectivity index (χ1v) is 12.2. The average Bonchev–Trinajstić information content (AvgIpc) is 3.11. The van der Waals surface area contributed by atoms with Gasteiger partial charge in [-0.15, -0.1) is 0 Å². The Morgan fingerprint density at radius 1 is 1.06 bits per heavy atom. The highest BCUT2D eigenvalue weighted by Gasteiger charge is 2.35. The molecule has 1 unspecified atom stereocenters. The van der Waals surface area contributed by atoms with Crippen LogP contribution < -0.4 is 15.0 Å². The van der Waals surface area contributed by atoms with E-state index in [2.05, 4.69) is 5.32 Å². The molecule has 0 fully saturated rings. The number of ether oxygens (including phenoxy) is 1. The molecule has 1 aliphatic rings. The Morgan fingerprint density at radius 3 is 2.42 bits per heavy atom. The van der Waals surface area contributed by atoms with Crippen LogP contribution in [0.5, 0.6) is 5.75 Å². The van der Waals surface area contributed by atoms with Crippen LogP contribution in [0.4, 0.5) is 5.69 Å². The number of nitrogens with one attached hydrogen (secondary N) is 1. The summed E-state index contributed by atoms with van der Waals surface area (Å²) in [4.78, 5) is 43.5. The predicted molar refractivity (Wildman–Crippen MR) is 141 cm³/mol. The second-order valence-electron chi connectivity index (χ2n) is 10.1. The van der Waals surface area contributed by atoms with E-state index in [0.29, 0.717) is 17.7 Å². The molecule has 0 aromatic heterocycles. The Morgan fingerprint density at radius 2 is 1.75 bits per heavy atom. The van der Waals surface area contributed by atoms with Gasteiger partial charge in [0.1, 0.15) is 18.3 Å². The molecule has 1 atom stereocenters. The van der Waals surface area contributed by atoms with Crippen LogP contribution in [0.1, 0.15) is 50.0 Å². The molecule has 0 saturated carbocycles. The number of methoxy groups -OCH3 is 1. The number of carbonyl (C=O) groups excluding carboxylic acids is 3. The maximum Gasteiger partial charge on any atom is 0.259 e. The van der Waals surface area contributed by atoms with Crippen molar-refractivity contribution in [3.63, 3.8) is 0 Å². The molecule has 0 saturated heterocycles. The van der Waals surface area contributed by atoms with Gasteiger partial charge in [-0.05, 0) is 62.4 Å². The monoisotopic (exact) mass is 487 g/mol. The summed E-state index contributed by atoms with van der Waals surface area (Å²) >= 11 is 0. The van der Waals surface area contributed by atoms with Crippen molar-refractivity contribution in [2.45, 2.75) is 52.2 Å². The Labute approximate surface area is 212 Å². The summed E-state index contributed by atoms with van der Waals surface area (Å²) in [6, 6.07) is 18.0. The SMILES string of the molecule is CCC(C(=O)NC(C)(C)C)N(Cc1cccc(OC)c1)C(=O)CN1C(=O)c2cccc3cccc1c23. The summed E-state index contributed by atoms with van der Waals surface area (Å²) in [5, 5.41) is 4.82. The van der Waals surface area contributed by atoms with Crippen molar-refractivity contribution < 1.29 is 19.1 Å². The molecule has 3 aromatic rings. The van der Waals surface area contributed by atoms with E-state index < -0.39 is 11.6 Å². The second kappa shape index (κ2) is 10.0. The fraction of sp³-hybridized carbons (Fsp3) is 0.345. The highest BCUT2D eigenvalue weighted by molar-refractivity contribution is 6.26. The number of rotatable bonds is 8. The summed E-state index contributed by atoms with van der Waals surface area (Å²) in [6.45, 7) is 7.67. The minimum Gasteiger partial charge on any atom is -0.497 e. The van der Waals surface area contributed by atoms with E-state index >= 15 is 0 Å². The summed E-state index contributed by atoms with van der Waals surface area (Å²) in [6.07, 6.45) is 0.432. The first-order chi connectivity index (χ1) is 17.1. The lowest BCUT2D eigenvalue weighted by Gasteiger charge is -2.34. The summed E-state index contributed by atoms with van der Waals surface area (Å²) in [7, 11) is 1.59. The Balaban J connectivity index is 1.67. The number of hydrogen-bond acceptors (Lipinski definition) is 4. The molecule has 36 heavy (non-hydrogen) atoms. The third-order valence-corrected chi connectivity index (χ3v) is 6.31. The smallest absolute Gasteiger partial charge is 0.259 e. The molecule has 1 heterocycles. The van der Waals surface area contributed by atoms with Crippen LogP contribution >= 0.6 is 0 Å². The normalized spacial score (nSPS) is 13.6. The minimum absolute atomic E-state index is 0.157. The van der Waals surface area contributed by atoms with E-state index in [1.54, 1.807) is 18.1 Å². The zero-order chi connectivity index (χ0) is 26.0. The van der Waals surface area contributed by atoms with Crippen molar-refractivity contribution in [2.24, 2.45) is 0 Å². The number of nitrogens with zero attached hydrogens (tertiary/aromatic N) is 2. The van der Waals surface area contributed by atoms with Crippen molar-refractivity contribution in [3.05, 3.63) is 71.8 Å². The predicted octanol–water partition coefficient (Wildman–Crippen LogP) is 4.53. The lowest BCUT2D eigenvalue weighted by Crippen LogP contribution is -2.55. The van der Waals surface area contributed by atoms with Gasteiger partial charge < -0.3 is 15.0 Å². The summed E-state index contributed by atoms with van der Waals surface area (Å²) < 4.78 is 5.35. The van der Waals surface area contributed by atoms with E-state index in [1.807, 2.05) is 82.3 Å². The van der Waals surface area contributed by atoms with E-state index in [-0.39, 0.29) is 30.8 Å². The Hall–Kier alpha value is -3.87. The fourth-order valence-electron chi connectivity index (χ4n) is 4.70. The molecule has 3 amide bonds. The van der Waals surface area contributed by atoms with Crippen LogP contribution in [0.3, 0.4) is 0 Å².